The van der Waals surface area contributed by atoms with E-state index in [9.17, 15) is 14.3 Å². The van der Waals surface area contributed by atoms with Crippen LogP contribution in [0.5, 0.6) is 5.75 Å². The highest BCUT2D eigenvalue weighted by molar-refractivity contribution is 6.08. The van der Waals surface area contributed by atoms with Gasteiger partial charge < -0.3 is 5.11 Å². The molecule has 90 valence electrons. The number of allylic oxidation sites excluding steroid dienone is 1. The van der Waals surface area contributed by atoms with Gasteiger partial charge in [0.15, 0.2) is 5.78 Å². The molecule has 0 radical (unpaired) electrons. The van der Waals surface area contributed by atoms with E-state index in [0.717, 1.165) is 23.8 Å². The topological polar surface area (TPSA) is 50.2 Å². The molecule has 0 spiro atoms. The van der Waals surface area contributed by atoms with Crippen LogP contribution in [0.25, 0.3) is 6.08 Å². The number of hydrogen-bond donors (Lipinski definition) is 1. The van der Waals surface area contributed by atoms with E-state index in [-0.39, 0.29) is 11.3 Å². The van der Waals surface area contributed by atoms with Crippen molar-refractivity contribution in [3.05, 3.63) is 65.7 Å². The smallest absolute Gasteiger partial charge is 0.189 e. The molecule has 4 heteroatoms. The number of ketones is 1. The predicted octanol–water partition coefficient (Wildman–Crippen LogP) is 2.82. The quantitative estimate of drug-likeness (QED) is 0.666. The van der Waals surface area contributed by atoms with Crippen LogP contribution in [0.2, 0.25) is 0 Å². The summed E-state index contributed by atoms with van der Waals surface area (Å²) in [6.45, 7) is 0. The van der Waals surface area contributed by atoms with E-state index in [1.165, 1.54) is 6.08 Å². The number of nitrogens with zero attached hydrogens (tertiary/aromatic N) is 1. The van der Waals surface area contributed by atoms with Crippen molar-refractivity contribution in [2.75, 3.05) is 0 Å². The maximum atomic E-state index is 13.0. The summed E-state index contributed by atoms with van der Waals surface area (Å²) < 4.78 is 13.0. The molecule has 1 aromatic heterocycles. The number of hydrogen-bond acceptors (Lipinski definition) is 3. The minimum absolute atomic E-state index is 0.0601. The third-order valence-corrected chi connectivity index (χ3v) is 2.34. The molecule has 0 bridgehead atoms. The van der Waals surface area contributed by atoms with E-state index < -0.39 is 11.6 Å². The Hall–Kier alpha value is -2.49. The minimum atomic E-state index is -0.564. The molecule has 1 N–H and O–H groups in total. The first kappa shape index (κ1) is 12.0. The number of phenols is 1. The molecule has 0 aliphatic rings. The van der Waals surface area contributed by atoms with Crippen LogP contribution in [0.1, 0.15) is 15.9 Å². The lowest BCUT2D eigenvalue weighted by atomic mass is 10.1. The van der Waals surface area contributed by atoms with Gasteiger partial charge in [0.05, 0.1) is 5.56 Å². The molecule has 0 atom stereocenters. The first-order chi connectivity index (χ1) is 8.66. The van der Waals surface area contributed by atoms with E-state index in [4.69, 9.17) is 0 Å². The zero-order valence-electron chi connectivity index (χ0n) is 9.38. The van der Waals surface area contributed by atoms with Crippen LogP contribution in [-0.2, 0) is 0 Å². The molecule has 0 saturated heterocycles. The van der Waals surface area contributed by atoms with Crippen molar-refractivity contribution in [3.63, 3.8) is 0 Å². The number of pyridine rings is 1. The first-order valence-corrected chi connectivity index (χ1v) is 5.28. The second-order valence-electron chi connectivity index (χ2n) is 3.65. The highest BCUT2D eigenvalue weighted by Crippen LogP contribution is 2.19. The molecular weight excluding hydrogens is 233 g/mol. The van der Waals surface area contributed by atoms with Gasteiger partial charge in [-0.25, -0.2) is 4.39 Å². The zero-order chi connectivity index (χ0) is 13.0. The SMILES string of the molecule is O=C(/C=C/c1cccnc1)c1cc(F)ccc1O. The van der Waals surface area contributed by atoms with E-state index in [0.29, 0.717) is 0 Å². The molecule has 2 aromatic rings. The van der Waals surface area contributed by atoms with Crippen LogP contribution in [0.15, 0.2) is 48.8 Å². The van der Waals surface area contributed by atoms with Gasteiger partial charge in [-0.1, -0.05) is 6.07 Å². The molecule has 0 aliphatic heterocycles. The number of aromatic hydroxyl groups is 1. The number of phenolic OH excluding ortho intramolecular Hbond substituents is 1. The number of carbonyl (C=O) groups is 1. The summed E-state index contributed by atoms with van der Waals surface area (Å²) in [6.07, 6.45) is 6.04. The Morgan fingerprint density at radius 3 is 2.89 bits per heavy atom. The molecule has 0 saturated carbocycles. The summed E-state index contributed by atoms with van der Waals surface area (Å²) in [5.41, 5.74) is 0.692. The van der Waals surface area contributed by atoms with Crippen LogP contribution < -0.4 is 0 Å². The third kappa shape index (κ3) is 2.79. The zero-order valence-corrected chi connectivity index (χ0v) is 9.38. The highest BCUT2D eigenvalue weighted by atomic mass is 19.1. The fourth-order valence-corrected chi connectivity index (χ4v) is 1.44. The summed E-state index contributed by atoms with van der Waals surface area (Å²) in [5, 5.41) is 9.47. The molecule has 2 rings (SSSR count). The Morgan fingerprint density at radius 1 is 1.33 bits per heavy atom. The van der Waals surface area contributed by atoms with Crippen molar-refractivity contribution in [2.45, 2.75) is 0 Å². The maximum absolute atomic E-state index is 13.0. The van der Waals surface area contributed by atoms with Gasteiger partial charge >= 0.3 is 0 Å². The number of carbonyl (C=O) groups excluding carboxylic acids is 1. The summed E-state index contributed by atoms with van der Waals surface area (Å²) in [7, 11) is 0. The fourth-order valence-electron chi connectivity index (χ4n) is 1.44. The second kappa shape index (κ2) is 5.23. The van der Waals surface area contributed by atoms with Gasteiger partial charge in [-0.2, -0.15) is 0 Å². The van der Waals surface area contributed by atoms with Crippen LogP contribution >= 0.6 is 0 Å². The first-order valence-electron chi connectivity index (χ1n) is 5.28. The van der Waals surface area contributed by atoms with Crippen molar-refractivity contribution >= 4 is 11.9 Å². The van der Waals surface area contributed by atoms with Gasteiger partial charge in [-0.15, -0.1) is 0 Å². The van der Waals surface area contributed by atoms with Crippen LogP contribution in [-0.4, -0.2) is 15.9 Å². The summed E-state index contributed by atoms with van der Waals surface area (Å²) in [4.78, 5) is 15.7. The Balaban J connectivity index is 2.22. The molecule has 3 nitrogen and oxygen atoms in total. The van der Waals surface area contributed by atoms with Gasteiger partial charge in [0.25, 0.3) is 0 Å². The lowest BCUT2D eigenvalue weighted by Crippen LogP contribution is -1.95. The monoisotopic (exact) mass is 243 g/mol. The number of halogens is 1. The Morgan fingerprint density at radius 2 is 2.17 bits per heavy atom. The molecule has 18 heavy (non-hydrogen) atoms. The summed E-state index contributed by atoms with van der Waals surface area (Å²) >= 11 is 0. The van der Waals surface area contributed by atoms with Crippen LogP contribution in [0, 0.1) is 5.82 Å². The van der Waals surface area contributed by atoms with Crippen molar-refractivity contribution < 1.29 is 14.3 Å². The maximum Gasteiger partial charge on any atom is 0.189 e. The molecule has 1 aromatic carbocycles. The average Bonchev–Trinajstić information content (AvgIpc) is 2.40. The van der Waals surface area contributed by atoms with Gasteiger partial charge in [0.1, 0.15) is 11.6 Å². The summed E-state index contributed by atoms with van der Waals surface area (Å²) in [6, 6.07) is 6.77. The highest BCUT2D eigenvalue weighted by Gasteiger charge is 2.09. The standard InChI is InChI=1S/C14H10FNO2/c15-11-4-6-14(18)12(8-11)13(17)5-3-10-2-1-7-16-9-10/h1-9,18H/b5-3+. The van der Waals surface area contributed by atoms with E-state index in [2.05, 4.69) is 4.98 Å². The number of benzene rings is 1. The molecule has 1 heterocycles. The average molecular weight is 243 g/mol. The van der Waals surface area contributed by atoms with Crippen molar-refractivity contribution in [2.24, 2.45) is 0 Å². The summed E-state index contributed by atoms with van der Waals surface area (Å²) in [5.74, 6) is -1.26. The Kier molecular flexibility index (Phi) is 3.48. The van der Waals surface area contributed by atoms with Crippen LogP contribution in [0.4, 0.5) is 4.39 Å². The van der Waals surface area contributed by atoms with Gasteiger partial charge in [-0.05, 0) is 42.0 Å². The van der Waals surface area contributed by atoms with E-state index >= 15 is 0 Å². The number of aromatic nitrogens is 1. The van der Waals surface area contributed by atoms with Crippen molar-refractivity contribution in [1.82, 2.24) is 4.98 Å². The van der Waals surface area contributed by atoms with E-state index in [1.807, 2.05) is 0 Å². The van der Waals surface area contributed by atoms with E-state index in [1.54, 1.807) is 30.6 Å². The molecular formula is C14H10FNO2. The molecule has 0 fully saturated rings. The van der Waals surface area contributed by atoms with Gasteiger partial charge in [0.2, 0.25) is 0 Å². The Bertz CT molecular complexity index is 594. The minimum Gasteiger partial charge on any atom is -0.507 e. The Labute approximate surface area is 103 Å². The molecule has 0 amide bonds. The fraction of sp³-hybridized carbons (Fsp3) is 0. The van der Waals surface area contributed by atoms with Gasteiger partial charge in [-0.3, -0.25) is 9.78 Å². The van der Waals surface area contributed by atoms with Gasteiger partial charge in [0, 0.05) is 12.4 Å². The lowest BCUT2D eigenvalue weighted by Gasteiger charge is -2.00. The lowest BCUT2D eigenvalue weighted by molar-refractivity contribution is 0.104. The van der Waals surface area contributed by atoms with Crippen molar-refractivity contribution in [3.8, 4) is 5.75 Å². The number of rotatable bonds is 3. The normalized spacial score (nSPS) is 10.7. The largest absolute Gasteiger partial charge is 0.507 e. The third-order valence-electron chi connectivity index (χ3n) is 2.34. The predicted molar refractivity (Wildman–Crippen MR) is 65.7 cm³/mol. The van der Waals surface area contributed by atoms with Crippen molar-refractivity contribution in [1.29, 1.82) is 0 Å². The van der Waals surface area contributed by atoms with Crippen LogP contribution in [0.3, 0.4) is 0 Å². The second-order valence-corrected chi connectivity index (χ2v) is 3.65. The molecule has 0 unspecified atom stereocenters. The molecule has 0 aliphatic carbocycles.